The minimum absolute atomic E-state index is 0.118. The number of benzene rings is 1. The first-order valence-corrected chi connectivity index (χ1v) is 6.82. The van der Waals surface area contributed by atoms with Gasteiger partial charge in [-0.05, 0) is 6.07 Å². The minimum atomic E-state index is 0.118. The predicted octanol–water partition coefficient (Wildman–Crippen LogP) is 4.56. The largest absolute Gasteiger partial charge is 0.232 e. The van der Waals surface area contributed by atoms with E-state index in [-0.39, 0.29) is 5.92 Å². The quantitative estimate of drug-likeness (QED) is 0.754. The molecule has 1 aromatic heterocycles. The molecule has 1 aliphatic rings. The van der Waals surface area contributed by atoms with E-state index < -0.39 is 0 Å². The Balaban J connectivity index is 2.03. The van der Waals surface area contributed by atoms with Gasteiger partial charge in [0.2, 0.25) is 0 Å². The van der Waals surface area contributed by atoms with Crippen LogP contribution in [-0.4, -0.2) is 9.97 Å². The maximum Gasteiger partial charge on any atom is 0.161 e. The predicted molar refractivity (Wildman–Crippen MR) is 82.6 cm³/mol. The monoisotopic (exact) mass is 280 g/mol. The van der Waals surface area contributed by atoms with E-state index in [0.717, 1.165) is 11.3 Å². The summed E-state index contributed by atoms with van der Waals surface area (Å²) in [6.07, 6.45) is 12.2. The van der Waals surface area contributed by atoms with Gasteiger partial charge in [0.25, 0.3) is 0 Å². The van der Waals surface area contributed by atoms with Gasteiger partial charge in [-0.25, -0.2) is 9.97 Å². The molecule has 0 N–H and O–H groups in total. The molecule has 0 unspecified atom stereocenters. The number of halogens is 1. The van der Waals surface area contributed by atoms with Crippen molar-refractivity contribution in [3.05, 3.63) is 83.7 Å². The smallest absolute Gasteiger partial charge is 0.161 e. The molecule has 3 heteroatoms. The van der Waals surface area contributed by atoms with Crippen LogP contribution in [-0.2, 0) is 0 Å². The van der Waals surface area contributed by atoms with E-state index in [9.17, 15) is 0 Å². The lowest BCUT2D eigenvalue weighted by molar-refractivity contribution is 0.972. The molecule has 0 bridgehead atoms. The number of rotatable bonds is 2. The normalized spacial score (nSPS) is 14.4. The fourth-order valence-electron chi connectivity index (χ4n) is 2.08. The highest BCUT2D eigenvalue weighted by atomic mass is 35.5. The highest BCUT2D eigenvalue weighted by molar-refractivity contribution is 6.29. The van der Waals surface area contributed by atoms with E-state index in [1.54, 1.807) is 0 Å². The fourth-order valence-corrected chi connectivity index (χ4v) is 2.27. The average molecular weight is 281 g/mol. The van der Waals surface area contributed by atoms with Crippen LogP contribution in [0.5, 0.6) is 0 Å². The van der Waals surface area contributed by atoms with Gasteiger partial charge in [-0.3, -0.25) is 0 Å². The Bertz CT molecular complexity index is 671. The van der Waals surface area contributed by atoms with Gasteiger partial charge >= 0.3 is 0 Å². The van der Waals surface area contributed by atoms with Crippen molar-refractivity contribution >= 4 is 11.6 Å². The maximum atomic E-state index is 6.14. The van der Waals surface area contributed by atoms with Crippen molar-refractivity contribution in [2.45, 2.75) is 5.92 Å². The molecule has 2 aromatic rings. The summed E-state index contributed by atoms with van der Waals surface area (Å²) in [5, 5.41) is 0.466. The van der Waals surface area contributed by atoms with Crippen LogP contribution in [0.2, 0.25) is 5.15 Å². The van der Waals surface area contributed by atoms with Crippen molar-refractivity contribution in [2.24, 2.45) is 0 Å². The van der Waals surface area contributed by atoms with Crippen LogP contribution < -0.4 is 0 Å². The highest BCUT2D eigenvalue weighted by Crippen LogP contribution is 2.24. The molecular weight excluding hydrogens is 268 g/mol. The first-order chi connectivity index (χ1) is 9.83. The zero-order valence-electron chi connectivity index (χ0n) is 10.8. The van der Waals surface area contributed by atoms with Crippen LogP contribution in [0, 0.1) is 0 Å². The van der Waals surface area contributed by atoms with E-state index >= 15 is 0 Å². The third-order valence-corrected chi connectivity index (χ3v) is 3.25. The van der Waals surface area contributed by atoms with E-state index in [1.165, 1.54) is 0 Å². The van der Waals surface area contributed by atoms with E-state index in [2.05, 4.69) is 22.1 Å². The summed E-state index contributed by atoms with van der Waals surface area (Å²) in [6, 6.07) is 11.7. The second kappa shape index (κ2) is 5.85. The lowest BCUT2D eigenvalue weighted by Gasteiger charge is -2.09. The second-order valence-corrected chi connectivity index (χ2v) is 4.87. The van der Waals surface area contributed by atoms with Crippen molar-refractivity contribution in [2.75, 3.05) is 0 Å². The van der Waals surface area contributed by atoms with Gasteiger partial charge in [0, 0.05) is 11.5 Å². The number of allylic oxidation sites excluding steroid dienone is 6. The molecule has 3 rings (SSSR count). The van der Waals surface area contributed by atoms with Crippen molar-refractivity contribution in [1.82, 2.24) is 9.97 Å². The Hall–Kier alpha value is -2.19. The molecule has 98 valence electrons. The Kier molecular flexibility index (Phi) is 3.75. The van der Waals surface area contributed by atoms with Gasteiger partial charge in [-0.2, -0.15) is 0 Å². The van der Waals surface area contributed by atoms with Gasteiger partial charge in [-0.15, -0.1) is 0 Å². The summed E-state index contributed by atoms with van der Waals surface area (Å²) in [6.45, 7) is 0. The molecular formula is C17H13ClN2. The van der Waals surface area contributed by atoms with Crippen molar-refractivity contribution in [3.8, 4) is 11.4 Å². The molecule has 0 aliphatic heterocycles. The minimum Gasteiger partial charge on any atom is -0.232 e. The van der Waals surface area contributed by atoms with Crippen LogP contribution in [0.4, 0.5) is 0 Å². The number of hydrogen-bond acceptors (Lipinski definition) is 2. The second-order valence-electron chi connectivity index (χ2n) is 4.49. The molecule has 0 amide bonds. The van der Waals surface area contributed by atoms with Gasteiger partial charge in [0.1, 0.15) is 5.15 Å². The number of aromatic nitrogens is 2. The molecule has 0 fully saturated rings. The van der Waals surface area contributed by atoms with Crippen molar-refractivity contribution in [3.63, 3.8) is 0 Å². The number of hydrogen-bond donors (Lipinski definition) is 0. The van der Waals surface area contributed by atoms with E-state index in [1.807, 2.05) is 60.7 Å². The Morgan fingerprint density at radius 2 is 1.55 bits per heavy atom. The summed E-state index contributed by atoms with van der Waals surface area (Å²) in [5.74, 6) is 0.778. The summed E-state index contributed by atoms with van der Waals surface area (Å²) in [7, 11) is 0. The first kappa shape index (κ1) is 12.8. The lowest BCUT2D eigenvalue weighted by atomic mass is 10.0. The molecule has 0 atom stereocenters. The molecule has 20 heavy (non-hydrogen) atoms. The summed E-state index contributed by atoms with van der Waals surface area (Å²) < 4.78 is 0. The highest BCUT2D eigenvalue weighted by Gasteiger charge is 2.11. The SMILES string of the molecule is Clc1cc(C2C=CC=CC=C2)nc(-c2ccccc2)n1. The Morgan fingerprint density at radius 3 is 2.25 bits per heavy atom. The van der Waals surface area contributed by atoms with Crippen LogP contribution in [0.15, 0.2) is 72.9 Å². The van der Waals surface area contributed by atoms with E-state index in [4.69, 9.17) is 11.6 Å². The third-order valence-electron chi connectivity index (χ3n) is 3.06. The van der Waals surface area contributed by atoms with E-state index in [0.29, 0.717) is 11.0 Å². The molecule has 0 saturated carbocycles. The molecule has 0 saturated heterocycles. The molecule has 0 spiro atoms. The zero-order chi connectivity index (χ0) is 13.8. The first-order valence-electron chi connectivity index (χ1n) is 6.44. The molecule has 1 heterocycles. The van der Waals surface area contributed by atoms with Gasteiger partial charge < -0.3 is 0 Å². The van der Waals surface area contributed by atoms with Crippen molar-refractivity contribution < 1.29 is 0 Å². The zero-order valence-corrected chi connectivity index (χ0v) is 11.5. The molecule has 2 nitrogen and oxygen atoms in total. The van der Waals surface area contributed by atoms with Gasteiger partial charge in [0.05, 0.1) is 5.69 Å². The third kappa shape index (κ3) is 2.86. The Labute approximate surface area is 123 Å². The topological polar surface area (TPSA) is 25.8 Å². The summed E-state index contributed by atoms with van der Waals surface area (Å²) in [4.78, 5) is 8.96. The summed E-state index contributed by atoms with van der Waals surface area (Å²) >= 11 is 6.14. The fraction of sp³-hybridized carbons (Fsp3) is 0.0588. The molecule has 0 radical (unpaired) electrons. The van der Waals surface area contributed by atoms with Crippen LogP contribution >= 0.6 is 11.6 Å². The summed E-state index contributed by atoms with van der Waals surface area (Å²) in [5.41, 5.74) is 1.87. The number of nitrogens with zero attached hydrogens (tertiary/aromatic N) is 2. The lowest BCUT2D eigenvalue weighted by Crippen LogP contribution is -1.99. The van der Waals surface area contributed by atoms with Gasteiger partial charge in [-0.1, -0.05) is 78.4 Å². The Morgan fingerprint density at radius 1 is 0.850 bits per heavy atom. The van der Waals surface area contributed by atoms with Crippen LogP contribution in [0.3, 0.4) is 0 Å². The molecule has 1 aromatic carbocycles. The van der Waals surface area contributed by atoms with Crippen LogP contribution in [0.25, 0.3) is 11.4 Å². The average Bonchev–Trinajstić information content (AvgIpc) is 2.77. The standard InChI is InChI=1S/C17H13ClN2/c18-16-12-15(13-8-4-1-2-5-9-13)19-17(20-16)14-10-6-3-7-11-14/h1-13H. The van der Waals surface area contributed by atoms with Crippen molar-refractivity contribution in [1.29, 1.82) is 0 Å². The maximum absolute atomic E-state index is 6.14. The van der Waals surface area contributed by atoms with Gasteiger partial charge in [0.15, 0.2) is 5.82 Å². The van der Waals surface area contributed by atoms with Crippen LogP contribution in [0.1, 0.15) is 11.6 Å². The molecule has 1 aliphatic carbocycles.